The second-order valence-corrected chi connectivity index (χ2v) is 10.8. The Hall–Kier alpha value is -2.91. The molecule has 2 atom stereocenters. The number of benzene rings is 2. The molecule has 190 valence electrons. The van der Waals surface area contributed by atoms with E-state index in [1.54, 1.807) is 12.1 Å². The first-order valence-electron chi connectivity index (χ1n) is 12.2. The van der Waals surface area contributed by atoms with Crippen molar-refractivity contribution in [1.82, 2.24) is 4.72 Å². The second-order valence-electron chi connectivity index (χ2n) is 9.14. The van der Waals surface area contributed by atoms with E-state index in [1.165, 1.54) is 6.07 Å². The quantitative estimate of drug-likeness (QED) is 0.460. The van der Waals surface area contributed by atoms with E-state index in [0.29, 0.717) is 50.1 Å². The van der Waals surface area contributed by atoms with Crippen molar-refractivity contribution in [2.45, 2.75) is 63.3 Å². The van der Waals surface area contributed by atoms with Gasteiger partial charge in [0.2, 0.25) is 21.8 Å². The normalized spacial score (nSPS) is 16.5. The number of hydrogen-bond acceptors (Lipinski definition) is 5. The summed E-state index contributed by atoms with van der Waals surface area (Å²) >= 11 is 0. The molecule has 1 aliphatic rings. The Morgan fingerprint density at radius 2 is 1.71 bits per heavy atom. The van der Waals surface area contributed by atoms with Crippen molar-refractivity contribution in [3.8, 4) is 0 Å². The fourth-order valence-electron chi connectivity index (χ4n) is 4.37. The first kappa shape index (κ1) is 26.7. The molecular formula is C26H36N4O4S. The van der Waals surface area contributed by atoms with Gasteiger partial charge >= 0.3 is 0 Å². The third-order valence-electron chi connectivity index (χ3n) is 6.65. The van der Waals surface area contributed by atoms with Gasteiger partial charge in [-0.1, -0.05) is 44.2 Å². The number of carbonyl (C=O) groups is 2. The summed E-state index contributed by atoms with van der Waals surface area (Å²) in [5.41, 5.74) is 7.34. The first-order chi connectivity index (χ1) is 16.7. The van der Waals surface area contributed by atoms with Gasteiger partial charge in [0.1, 0.15) is 4.90 Å². The Labute approximate surface area is 208 Å². The molecule has 1 fully saturated rings. The Kier molecular flexibility index (Phi) is 8.91. The summed E-state index contributed by atoms with van der Waals surface area (Å²) in [6.45, 7) is 6.72. The molecule has 1 heterocycles. The number of rotatable bonds is 10. The molecule has 3 rings (SSSR count). The Balaban J connectivity index is 1.92. The van der Waals surface area contributed by atoms with E-state index in [9.17, 15) is 18.0 Å². The Morgan fingerprint density at radius 3 is 2.29 bits per heavy atom. The van der Waals surface area contributed by atoms with E-state index in [2.05, 4.69) is 10.0 Å². The molecule has 0 aliphatic carbocycles. The van der Waals surface area contributed by atoms with Crippen molar-refractivity contribution in [3.63, 3.8) is 0 Å². The van der Waals surface area contributed by atoms with Gasteiger partial charge in [0.25, 0.3) is 0 Å². The molecule has 0 aromatic heterocycles. The van der Waals surface area contributed by atoms with E-state index >= 15 is 0 Å². The number of amides is 2. The molecule has 0 radical (unpaired) electrons. The minimum absolute atomic E-state index is 0.112. The third kappa shape index (κ3) is 6.61. The highest BCUT2D eigenvalue weighted by Gasteiger charge is 2.29. The molecule has 1 saturated heterocycles. The zero-order valence-corrected chi connectivity index (χ0v) is 21.5. The van der Waals surface area contributed by atoms with Gasteiger partial charge in [0, 0.05) is 30.7 Å². The van der Waals surface area contributed by atoms with Crippen LogP contribution in [0.4, 0.5) is 11.4 Å². The average molecular weight is 501 g/mol. The van der Waals surface area contributed by atoms with Crippen LogP contribution in [0.25, 0.3) is 0 Å². The average Bonchev–Trinajstić information content (AvgIpc) is 2.85. The van der Waals surface area contributed by atoms with Crippen LogP contribution in [-0.2, 0) is 19.6 Å². The number of piperidine rings is 1. The van der Waals surface area contributed by atoms with Gasteiger partial charge in [-0.2, -0.15) is 0 Å². The van der Waals surface area contributed by atoms with Gasteiger partial charge in [-0.3, -0.25) is 9.59 Å². The molecule has 0 saturated carbocycles. The predicted molar refractivity (Wildman–Crippen MR) is 139 cm³/mol. The molecule has 1 aliphatic heterocycles. The van der Waals surface area contributed by atoms with E-state index in [1.807, 2.05) is 56.0 Å². The number of primary amides is 1. The van der Waals surface area contributed by atoms with Crippen molar-refractivity contribution in [2.75, 3.05) is 23.3 Å². The largest absolute Gasteiger partial charge is 0.370 e. The molecule has 2 amide bonds. The maximum Gasteiger partial charge on any atom is 0.242 e. The number of nitrogens with two attached hydrogens (primary N) is 1. The minimum atomic E-state index is -3.85. The molecule has 0 unspecified atom stereocenters. The van der Waals surface area contributed by atoms with E-state index < -0.39 is 10.0 Å². The third-order valence-corrected chi connectivity index (χ3v) is 8.27. The molecule has 0 bridgehead atoms. The zero-order valence-electron chi connectivity index (χ0n) is 20.7. The molecule has 4 N–H and O–H groups in total. The number of hydrogen-bond donors (Lipinski definition) is 3. The van der Waals surface area contributed by atoms with Crippen LogP contribution in [0.2, 0.25) is 0 Å². The van der Waals surface area contributed by atoms with Crippen LogP contribution < -0.4 is 20.7 Å². The molecule has 0 spiro atoms. The van der Waals surface area contributed by atoms with E-state index in [4.69, 9.17) is 5.73 Å². The van der Waals surface area contributed by atoms with Crippen LogP contribution in [0.3, 0.4) is 0 Å². The number of nitrogens with zero attached hydrogens (tertiary/aromatic N) is 1. The summed E-state index contributed by atoms with van der Waals surface area (Å²) in [7, 11) is -3.85. The maximum atomic E-state index is 13.4. The first-order valence-corrected chi connectivity index (χ1v) is 13.7. The lowest BCUT2D eigenvalue weighted by Crippen LogP contribution is -2.40. The lowest BCUT2D eigenvalue weighted by atomic mass is 9.95. The molecule has 2 aromatic carbocycles. The van der Waals surface area contributed by atoms with E-state index in [-0.39, 0.29) is 34.6 Å². The summed E-state index contributed by atoms with van der Waals surface area (Å²) < 4.78 is 29.5. The van der Waals surface area contributed by atoms with Gasteiger partial charge in [-0.25, -0.2) is 13.1 Å². The monoisotopic (exact) mass is 500 g/mol. The number of carbonyl (C=O) groups excluding carboxylic acids is 2. The van der Waals surface area contributed by atoms with Gasteiger partial charge in [-0.05, 0) is 56.4 Å². The summed E-state index contributed by atoms with van der Waals surface area (Å²) in [5, 5.41) is 2.91. The van der Waals surface area contributed by atoms with Crippen LogP contribution in [0.15, 0.2) is 53.4 Å². The highest BCUT2D eigenvalue weighted by molar-refractivity contribution is 7.89. The van der Waals surface area contributed by atoms with Gasteiger partial charge in [0.05, 0.1) is 11.6 Å². The van der Waals surface area contributed by atoms with E-state index in [0.717, 1.165) is 5.56 Å². The van der Waals surface area contributed by atoms with Crippen molar-refractivity contribution < 1.29 is 18.0 Å². The smallest absolute Gasteiger partial charge is 0.242 e. The predicted octanol–water partition coefficient (Wildman–Crippen LogP) is 3.60. The van der Waals surface area contributed by atoms with Gasteiger partial charge in [-0.15, -0.1) is 0 Å². The van der Waals surface area contributed by atoms with Crippen LogP contribution >= 0.6 is 0 Å². The number of nitrogens with one attached hydrogen (secondary N) is 2. The standard InChI is InChI=1S/C26H36N4O4S/c1-4-18(3)29-35(33,34)24-17-21(28-26(32)22(5-2)19-9-7-6-8-10-19)11-12-23(24)30-15-13-20(14-16-30)25(27)31/h6-12,17-18,20,22,29H,4-5,13-16H2,1-3H3,(H2,27,31)(H,28,32)/t18-,22-/m1/s1. The molecule has 8 nitrogen and oxygen atoms in total. The fourth-order valence-corrected chi connectivity index (χ4v) is 5.95. The Morgan fingerprint density at radius 1 is 1.06 bits per heavy atom. The van der Waals surface area contributed by atoms with Crippen LogP contribution in [0.5, 0.6) is 0 Å². The van der Waals surface area contributed by atoms with Crippen molar-refractivity contribution in [3.05, 3.63) is 54.1 Å². The number of sulfonamides is 1. The van der Waals surface area contributed by atoms with Gasteiger partial charge in [0.15, 0.2) is 0 Å². The minimum Gasteiger partial charge on any atom is -0.370 e. The summed E-state index contributed by atoms with van der Waals surface area (Å²) in [4.78, 5) is 26.7. The topological polar surface area (TPSA) is 122 Å². The fraction of sp³-hybridized carbons (Fsp3) is 0.462. The highest BCUT2D eigenvalue weighted by Crippen LogP contribution is 2.32. The van der Waals surface area contributed by atoms with Crippen molar-refractivity contribution in [2.24, 2.45) is 11.7 Å². The molecule has 9 heteroatoms. The molecule has 2 aromatic rings. The van der Waals surface area contributed by atoms with Crippen LogP contribution in [0, 0.1) is 5.92 Å². The lowest BCUT2D eigenvalue weighted by molar-refractivity contribution is -0.122. The van der Waals surface area contributed by atoms with Crippen molar-refractivity contribution in [1.29, 1.82) is 0 Å². The van der Waals surface area contributed by atoms with Crippen molar-refractivity contribution >= 4 is 33.2 Å². The van der Waals surface area contributed by atoms with Crippen LogP contribution in [0.1, 0.15) is 57.9 Å². The molecular weight excluding hydrogens is 464 g/mol. The highest BCUT2D eigenvalue weighted by atomic mass is 32.2. The molecule has 35 heavy (non-hydrogen) atoms. The summed E-state index contributed by atoms with van der Waals surface area (Å²) in [5.74, 6) is -1.06. The maximum absolute atomic E-state index is 13.4. The Bertz CT molecular complexity index is 1130. The van der Waals surface area contributed by atoms with Gasteiger partial charge < -0.3 is 16.0 Å². The van der Waals surface area contributed by atoms with Crippen LogP contribution in [-0.4, -0.2) is 39.4 Å². The summed E-state index contributed by atoms with van der Waals surface area (Å²) in [6.07, 6.45) is 2.40. The summed E-state index contributed by atoms with van der Waals surface area (Å²) in [6, 6.07) is 14.3. The SMILES string of the molecule is CC[C@@H](C)NS(=O)(=O)c1cc(NC(=O)[C@H](CC)c2ccccc2)ccc1N1CCC(C(N)=O)CC1. The lowest BCUT2D eigenvalue weighted by Gasteiger charge is -2.33. The second kappa shape index (κ2) is 11.7. The number of anilines is 2. The zero-order chi connectivity index (χ0) is 25.6.